The SMILES string of the molecule is COc1ccc([C@H]2C(=C(O)c3ccc(Cl)cc3)C(=O)C(=O)N2c2nccs2)c(OC)c1. The van der Waals surface area contributed by atoms with Crippen molar-refractivity contribution in [3.8, 4) is 11.5 Å². The van der Waals surface area contributed by atoms with Crippen molar-refractivity contribution in [1.29, 1.82) is 0 Å². The Kier molecular flexibility index (Phi) is 5.67. The molecule has 2 heterocycles. The zero-order valence-corrected chi connectivity index (χ0v) is 18.1. The van der Waals surface area contributed by atoms with Crippen molar-refractivity contribution in [2.45, 2.75) is 6.04 Å². The molecule has 1 fully saturated rings. The van der Waals surface area contributed by atoms with Crippen molar-refractivity contribution in [2.75, 3.05) is 19.1 Å². The van der Waals surface area contributed by atoms with E-state index in [9.17, 15) is 14.7 Å². The summed E-state index contributed by atoms with van der Waals surface area (Å²) in [4.78, 5) is 31.6. The van der Waals surface area contributed by atoms with Crippen molar-refractivity contribution in [1.82, 2.24) is 4.98 Å². The molecule has 0 bridgehead atoms. The molecule has 0 saturated carbocycles. The van der Waals surface area contributed by atoms with Gasteiger partial charge in [-0.2, -0.15) is 0 Å². The number of aromatic nitrogens is 1. The molecule has 31 heavy (non-hydrogen) atoms. The van der Waals surface area contributed by atoms with E-state index in [2.05, 4.69) is 4.98 Å². The van der Waals surface area contributed by atoms with Crippen LogP contribution in [0.4, 0.5) is 5.13 Å². The molecule has 1 aliphatic rings. The summed E-state index contributed by atoms with van der Waals surface area (Å²) in [5.74, 6) is -0.963. The molecule has 1 atom stereocenters. The Morgan fingerprint density at radius 2 is 1.87 bits per heavy atom. The number of hydrogen-bond donors (Lipinski definition) is 1. The van der Waals surface area contributed by atoms with Crippen LogP contribution >= 0.6 is 22.9 Å². The molecule has 1 saturated heterocycles. The standard InChI is InChI=1S/C22H17ClN2O5S/c1-29-14-7-8-15(16(11-14)30-2)18-17(19(26)12-3-5-13(23)6-4-12)20(27)21(28)25(18)22-24-9-10-31-22/h3-11,18,26H,1-2H3/t18-/m0/s1. The highest BCUT2D eigenvalue weighted by Crippen LogP contribution is 2.46. The molecule has 1 amide bonds. The second-order valence-corrected chi connectivity index (χ2v) is 7.91. The topological polar surface area (TPSA) is 89.0 Å². The number of Topliss-reactive ketones (excluding diaryl/α,β-unsaturated/α-hetero) is 1. The lowest BCUT2D eigenvalue weighted by Crippen LogP contribution is -2.29. The van der Waals surface area contributed by atoms with Crippen LogP contribution in [0.15, 0.2) is 59.6 Å². The molecule has 1 aromatic heterocycles. The van der Waals surface area contributed by atoms with Gasteiger partial charge in [0.25, 0.3) is 5.78 Å². The van der Waals surface area contributed by atoms with Crippen LogP contribution in [0.2, 0.25) is 5.02 Å². The van der Waals surface area contributed by atoms with Gasteiger partial charge in [0.2, 0.25) is 0 Å². The first-order valence-electron chi connectivity index (χ1n) is 9.14. The zero-order chi connectivity index (χ0) is 22.1. The number of anilines is 1. The van der Waals surface area contributed by atoms with E-state index in [1.54, 1.807) is 54.0 Å². The number of aliphatic hydroxyl groups excluding tert-OH is 1. The number of ketones is 1. The molecular weight excluding hydrogens is 440 g/mol. The smallest absolute Gasteiger partial charge is 0.301 e. The van der Waals surface area contributed by atoms with Gasteiger partial charge in [-0.15, -0.1) is 11.3 Å². The largest absolute Gasteiger partial charge is 0.507 e. The minimum absolute atomic E-state index is 0.0639. The van der Waals surface area contributed by atoms with Crippen molar-refractivity contribution in [2.24, 2.45) is 0 Å². The fraction of sp³-hybridized carbons (Fsp3) is 0.136. The first kappa shape index (κ1) is 20.9. The number of rotatable bonds is 5. The van der Waals surface area contributed by atoms with E-state index >= 15 is 0 Å². The Hall–Kier alpha value is -3.36. The first-order valence-corrected chi connectivity index (χ1v) is 10.4. The van der Waals surface area contributed by atoms with Gasteiger partial charge in [-0.05, 0) is 36.4 Å². The highest BCUT2D eigenvalue weighted by Gasteiger charge is 2.49. The molecule has 7 nitrogen and oxygen atoms in total. The monoisotopic (exact) mass is 456 g/mol. The maximum Gasteiger partial charge on any atom is 0.301 e. The van der Waals surface area contributed by atoms with Crippen molar-refractivity contribution in [3.63, 3.8) is 0 Å². The molecule has 0 spiro atoms. The van der Waals surface area contributed by atoms with Crippen LogP contribution in [-0.2, 0) is 9.59 Å². The molecule has 158 valence electrons. The number of carbonyl (C=O) groups is 2. The molecule has 3 aromatic rings. The Morgan fingerprint density at radius 1 is 1.13 bits per heavy atom. The summed E-state index contributed by atoms with van der Waals surface area (Å²) < 4.78 is 10.8. The summed E-state index contributed by atoms with van der Waals surface area (Å²) in [7, 11) is 3.00. The second kappa shape index (κ2) is 8.41. The molecule has 4 rings (SSSR count). The van der Waals surface area contributed by atoms with Crippen molar-refractivity contribution >= 4 is 45.5 Å². The number of amides is 1. The normalized spacial score (nSPS) is 17.8. The quantitative estimate of drug-likeness (QED) is 0.347. The average molecular weight is 457 g/mol. The number of carbonyl (C=O) groups excluding carboxylic acids is 2. The number of benzene rings is 2. The van der Waals surface area contributed by atoms with Crippen LogP contribution < -0.4 is 14.4 Å². The van der Waals surface area contributed by atoms with Gasteiger partial charge in [0.1, 0.15) is 23.3 Å². The highest BCUT2D eigenvalue weighted by atomic mass is 35.5. The van der Waals surface area contributed by atoms with E-state index in [0.29, 0.717) is 32.8 Å². The first-order chi connectivity index (χ1) is 15.0. The summed E-state index contributed by atoms with van der Waals surface area (Å²) in [6.07, 6.45) is 1.54. The summed E-state index contributed by atoms with van der Waals surface area (Å²) in [5, 5.41) is 13.6. The van der Waals surface area contributed by atoms with E-state index in [0.717, 1.165) is 0 Å². The Labute approximate surface area is 187 Å². The predicted molar refractivity (Wildman–Crippen MR) is 118 cm³/mol. The van der Waals surface area contributed by atoms with Gasteiger partial charge in [0, 0.05) is 33.8 Å². The zero-order valence-electron chi connectivity index (χ0n) is 16.5. The van der Waals surface area contributed by atoms with E-state index in [4.69, 9.17) is 21.1 Å². The van der Waals surface area contributed by atoms with Gasteiger partial charge in [0.15, 0.2) is 5.13 Å². The lowest BCUT2D eigenvalue weighted by atomic mass is 9.94. The fourth-order valence-electron chi connectivity index (χ4n) is 3.47. The Balaban J connectivity index is 1.97. The minimum atomic E-state index is -0.942. The fourth-order valence-corrected chi connectivity index (χ4v) is 4.26. The third-order valence-electron chi connectivity index (χ3n) is 4.92. The van der Waals surface area contributed by atoms with E-state index in [1.165, 1.54) is 30.5 Å². The average Bonchev–Trinajstić information content (AvgIpc) is 3.40. The van der Waals surface area contributed by atoms with Gasteiger partial charge in [-0.3, -0.25) is 14.5 Å². The predicted octanol–water partition coefficient (Wildman–Crippen LogP) is 4.44. The van der Waals surface area contributed by atoms with Gasteiger partial charge in [-0.1, -0.05) is 11.6 Å². The number of thiazole rings is 1. The maximum atomic E-state index is 13.1. The number of hydrogen-bond acceptors (Lipinski definition) is 7. The van der Waals surface area contributed by atoms with Crippen LogP contribution in [0, 0.1) is 0 Å². The third kappa shape index (κ3) is 3.64. The second-order valence-electron chi connectivity index (χ2n) is 6.60. The maximum absolute atomic E-state index is 13.1. The number of ether oxygens (including phenoxy) is 2. The molecule has 1 N–H and O–H groups in total. The van der Waals surface area contributed by atoms with E-state index < -0.39 is 17.7 Å². The molecule has 9 heteroatoms. The molecule has 2 aromatic carbocycles. The van der Waals surface area contributed by atoms with Crippen molar-refractivity contribution in [3.05, 3.63) is 75.8 Å². The molecule has 0 unspecified atom stereocenters. The van der Waals surface area contributed by atoms with Gasteiger partial charge in [-0.25, -0.2) is 4.98 Å². The molecule has 0 radical (unpaired) electrons. The minimum Gasteiger partial charge on any atom is -0.507 e. The number of halogens is 1. The van der Waals surface area contributed by atoms with Gasteiger partial charge in [0.05, 0.1) is 19.8 Å². The van der Waals surface area contributed by atoms with Crippen molar-refractivity contribution < 1.29 is 24.2 Å². The van der Waals surface area contributed by atoms with Crippen LogP contribution in [0.25, 0.3) is 5.76 Å². The summed E-state index contributed by atoms with van der Waals surface area (Å²) in [6.45, 7) is 0. The third-order valence-corrected chi connectivity index (χ3v) is 5.95. The van der Waals surface area contributed by atoms with Gasteiger partial charge < -0.3 is 14.6 Å². The van der Waals surface area contributed by atoms with Crippen LogP contribution in [0.3, 0.4) is 0 Å². The number of nitrogens with zero attached hydrogens (tertiary/aromatic N) is 2. The Morgan fingerprint density at radius 3 is 2.48 bits per heavy atom. The lowest BCUT2D eigenvalue weighted by Gasteiger charge is -2.24. The van der Waals surface area contributed by atoms with Crippen LogP contribution in [-0.4, -0.2) is 36.0 Å². The summed E-state index contributed by atoms with van der Waals surface area (Å²) >= 11 is 7.16. The van der Waals surface area contributed by atoms with Crippen LogP contribution in [0.1, 0.15) is 17.2 Å². The molecule has 0 aliphatic carbocycles. The Bertz CT molecular complexity index is 1180. The van der Waals surface area contributed by atoms with Crippen LogP contribution in [0.5, 0.6) is 11.5 Å². The van der Waals surface area contributed by atoms with Gasteiger partial charge >= 0.3 is 5.91 Å². The number of aliphatic hydroxyl groups is 1. The lowest BCUT2D eigenvalue weighted by molar-refractivity contribution is -0.132. The summed E-state index contributed by atoms with van der Waals surface area (Å²) in [5.41, 5.74) is 0.804. The van der Waals surface area contributed by atoms with E-state index in [-0.39, 0.29) is 11.3 Å². The van der Waals surface area contributed by atoms with E-state index in [1.807, 2.05) is 0 Å². The highest BCUT2D eigenvalue weighted by molar-refractivity contribution is 7.14. The summed E-state index contributed by atoms with van der Waals surface area (Å²) in [6, 6.07) is 10.5. The number of methoxy groups -OCH3 is 2. The molecule has 1 aliphatic heterocycles. The molecular formula is C22H17ClN2O5S.